The second-order valence-corrected chi connectivity index (χ2v) is 5.25. The van der Waals surface area contributed by atoms with Crippen molar-refractivity contribution < 1.29 is 9.59 Å². The molecule has 3 rings (SSSR count). The Labute approximate surface area is 142 Å². The maximum Gasteiger partial charge on any atom is 0.272 e. The van der Waals surface area contributed by atoms with Crippen LogP contribution in [0.3, 0.4) is 0 Å². The average Bonchev–Trinajstić information content (AvgIpc) is 3.09. The van der Waals surface area contributed by atoms with Gasteiger partial charge in [-0.25, -0.2) is 4.68 Å². The normalized spacial score (nSPS) is 10.2. The number of rotatable bonds is 4. The van der Waals surface area contributed by atoms with Gasteiger partial charge >= 0.3 is 0 Å². The summed E-state index contributed by atoms with van der Waals surface area (Å²) in [6.07, 6.45) is 2.71. The maximum absolute atomic E-state index is 12.3. The molecular formula is C16H12ClN5O2. The number of carbonyl (C=O) groups excluding carboxylic acids is 2. The van der Waals surface area contributed by atoms with E-state index in [-0.39, 0.29) is 5.91 Å². The lowest BCUT2D eigenvalue weighted by molar-refractivity contribution is 0.101. The van der Waals surface area contributed by atoms with Gasteiger partial charge in [-0.15, -0.1) is 10.2 Å². The van der Waals surface area contributed by atoms with Crippen LogP contribution in [0.2, 0.25) is 5.02 Å². The Morgan fingerprint density at radius 2 is 1.58 bits per heavy atom. The van der Waals surface area contributed by atoms with Crippen molar-refractivity contribution in [3.05, 3.63) is 77.3 Å². The summed E-state index contributed by atoms with van der Waals surface area (Å²) >= 11 is 5.81. The second kappa shape index (κ2) is 6.93. The molecule has 0 aliphatic heterocycles. The molecule has 2 amide bonds. The van der Waals surface area contributed by atoms with Gasteiger partial charge in [-0.05, 0) is 36.4 Å². The minimum atomic E-state index is -0.401. The molecule has 0 aliphatic rings. The third kappa shape index (κ3) is 3.58. The standard InChI is InChI=1S/C16H12ClN5O2/c17-12-7-5-11(6-8-12)15(23)20-14-4-2-1-3-13(14)16(24)21-22-9-18-19-10-22/h1-10H,(H,20,23)(H,21,24). The van der Waals surface area contributed by atoms with Gasteiger partial charge in [-0.1, -0.05) is 23.7 Å². The zero-order valence-electron chi connectivity index (χ0n) is 12.3. The highest BCUT2D eigenvalue weighted by Gasteiger charge is 2.14. The van der Waals surface area contributed by atoms with E-state index in [1.807, 2.05) is 0 Å². The van der Waals surface area contributed by atoms with Crippen molar-refractivity contribution in [3.63, 3.8) is 0 Å². The van der Waals surface area contributed by atoms with Crippen LogP contribution in [0, 0.1) is 0 Å². The highest BCUT2D eigenvalue weighted by atomic mass is 35.5. The van der Waals surface area contributed by atoms with Gasteiger partial charge in [0.2, 0.25) is 0 Å². The molecule has 0 radical (unpaired) electrons. The summed E-state index contributed by atoms with van der Waals surface area (Å²) in [7, 11) is 0. The van der Waals surface area contributed by atoms with Crippen molar-refractivity contribution in [2.24, 2.45) is 0 Å². The average molecular weight is 342 g/mol. The number of halogens is 1. The third-order valence-corrected chi connectivity index (χ3v) is 3.43. The molecule has 0 fully saturated rings. The number of benzene rings is 2. The van der Waals surface area contributed by atoms with Crippen LogP contribution in [0.25, 0.3) is 0 Å². The van der Waals surface area contributed by atoms with E-state index in [1.54, 1.807) is 48.5 Å². The molecule has 0 atom stereocenters. The van der Waals surface area contributed by atoms with Gasteiger partial charge in [0.25, 0.3) is 11.8 Å². The van der Waals surface area contributed by atoms with E-state index >= 15 is 0 Å². The largest absolute Gasteiger partial charge is 0.321 e. The SMILES string of the molecule is O=C(Nc1ccccc1C(=O)Nn1cnnc1)c1ccc(Cl)cc1. The first kappa shape index (κ1) is 15.7. The summed E-state index contributed by atoms with van der Waals surface area (Å²) in [5, 5.41) is 10.5. The smallest absolute Gasteiger partial charge is 0.272 e. The van der Waals surface area contributed by atoms with Gasteiger partial charge in [-0.2, -0.15) is 0 Å². The van der Waals surface area contributed by atoms with Crippen molar-refractivity contribution in [2.75, 3.05) is 10.7 Å². The highest BCUT2D eigenvalue weighted by molar-refractivity contribution is 6.30. The Kier molecular flexibility index (Phi) is 4.53. The third-order valence-electron chi connectivity index (χ3n) is 3.18. The van der Waals surface area contributed by atoms with E-state index in [0.717, 1.165) is 0 Å². The van der Waals surface area contributed by atoms with Gasteiger partial charge in [-0.3, -0.25) is 15.0 Å². The van der Waals surface area contributed by atoms with Crippen LogP contribution in [-0.2, 0) is 0 Å². The lowest BCUT2D eigenvalue weighted by atomic mass is 10.1. The molecule has 0 spiro atoms. The Balaban J connectivity index is 1.80. The zero-order valence-corrected chi connectivity index (χ0v) is 13.1. The zero-order chi connectivity index (χ0) is 16.9. The van der Waals surface area contributed by atoms with E-state index in [0.29, 0.717) is 21.8 Å². The summed E-state index contributed by atoms with van der Waals surface area (Å²) in [5.74, 6) is -0.738. The fourth-order valence-electron chi connectivity index (χ4n) is 2.02. The van der Waals surface area contributed by atoms with E-state index in [9.17, 15) is 9.59 Å². The summed E-state index contributed by atoms with van der Waals surface area (Å²) in [5.41, 5.74) is 3.73. The quantitative estimate of drug-likeness (QED) is 0.763. The number of aromatic nitrogens is 3. The van der Waals surface area contributed by atoms with Crippen molar-refractivity contribution in [1.29, 1.82) is 0 Å². The Morgan fingerprint density at radius 3 is 2.29 bits per heavy atom. The van der Waals surface area contributed by atoms with Crippen LogP contribution < -0.4 is 10.7 Å². The Morgan fingerprint density at radius 1 is 0.917 bits per heavy atom. The fraction of sp³-hybridized carbons (Fsp3) is 0. The molecule has 0 bridgehead atoms. The summed E-state index contributed by atoms with van der Waals surface area (Å²) in [6.45, 7) is 0. The van der Waals surface area contributed by atoms with Crippen LogP contribution in [0.4, 0.5) is 5.69 Å². The highest BCUT2D eigenvalue weighted by Crippen LogP contribution is 2.17. The van der Waals surface area contributed by atoms with Crippen molar-refractivity contribution >= 4 is 29.1 Å². The molecule has 0 unspecified atom stereocenters. The predicted octanol–water partition coefficient (Wildman–Crippen LogP) is 2.57. The summed E-state index contributed by atoms with van der Waals surface area (Å²) < 4.78 is 1.32. The van der Waals surface area contributed by atoms with Crippen LogP contribution >= 0.6 is 11.6 Å². The molecule has 2 aromatic carbocycles. The molecule has 3 aromatic rings. The van der Waals surface area contributed by atoms with Gasteiger partial charge in [0, 0.05) is 10.6 Å². The first-order valence-corrected chi connectivity index (χ1v) is 7.33. The number of carbonyl (C=O) groups is 2. The first-order chi connectivity index (χ1) is 11.6. The van der Waals surface area contributed by atoms with E-state index in [2.05, 4.69) is 20.9 Å². The second-order valence-electron chi connectivity index (χ2n) is 4.82. The van der Waals surface area contributed by atoms with Gasteiger partial charge in [0.05, 0.1) is 11.3 Å². The number of amides is 2. The summed E-state index contributed by atoms with van der Waals surface area (Å²) in [6, 6.07) is 13.2. The van der Waals surface area contributed by atoms with Crippen LogP contribution in [0.5, 0.6) is 0 Å². The Bertz CT molecular complexity index is 862. The molecule has 24 heavy (non-hydrogen) atoms. The van der Waals surface area contributed by atoms with Gasteiger partial charge < -0.3 is 5.32 Å². The number of nitrogens with zero attached hydrogens (tertiary/aromatic N) is 3. The van der Waals surface area contributed by atoms with Crippen molar-refractivity contribution in [3.8, 4) is 0 Å². The van der Waals surface area contributed by atoms with E-state index < -0.39 is 5.91 Å². The topological polar surface area (TPSA) is 88.9 Å². The maximum atomic E-state index is 12.3. The van der Waals surface area contributed by atoms with Crippen LogP contribution in [0.15, 0.2) is 61.2 Å². The molecule has 2 N–H and O–H groups in total. The van der Waals surface area contributed by atoms with Crippen molar-refractivity contribution in [2.45, 2.75) is 0 Å². The minimum Gasteiger partial charge on any atom is -0.321 e. The van der Waals surface area contributed by atoms with Gasteiger partial charge in [0.15, 0.2) is 0 Å². The predicted molar refractivity (Wildman–Crippen MR) is 89.6 cm³/mol. The molecule has 8 heteroatoms. The minimum absolute atomic E-state index is 0.313. The molecule has 120 valence electrons. The van der Waals surface area contributed by atoms with E-state index in [1.165, 1.54) is 17.3 Å². The molecule has 0 saturated carbocycles. The number of hydrogen-bond donors (Lipinski definition) is 2. The Hall–Kier alpha value is -3.19. The lowest BCUT2D eigenvalue weighted by Crippen LogP contribution is -2.23. The number of hydrogen-bond acceptors (Lipinski definition) is 4. The number of para-hydroxylation sites is 1. The molecular weight excluding hydrogens is 330 g/mol. The number of anilines is 1. The van der Waals surface area contributed by atoms with Crippen molar-refractivity contribution in [1.82, 2.24) is 14.9 Å². The van der Waals surface area contributed by atoms with E-state index in [4.69, 9.17) is 11.6 Å². The van der Waals surface area contributed by atoms with Crippen LogP contribution in [-0.4, -0.2) is 26.7 Å². The molecule has 1 heterocycles. The summed E-state index contributed by atoms with van der Waals surface area (Å²) in [4.78, 5) is 24.6. The van der Waals surface area contributed by atoms with Gasteiger partial charge in [0.1, 0.15) is 12.7 Å². The molecule has 0 aliphatic carbocycles. The lowest BCUT2D eigenvalue weighted by Gasteiger charge is -2.11. The first-order valence-electron chi connectivity index (χ1n) is 6.95. The van der Waals surface area contributed by atoms with Crippen LogP contribution in [0.1, 0.15) is 20.7 Å². The molecule has 7 nitrogen and oxygen atoms in total. The number of nitrogens with one attached hydrogen (secondary N) is 2. The molecule has 0 saturated heterocycles. The monoisotopic (exact) mass is 341 g/mol. The molecule has 1 aromatic heterocycles. The fourth-order valence-corrected chi connectivity index (χ4v) is 2.15.